The molecule has 0 spiro atoms. The second kappa shape index (κ2) is 6.32. The van der Waals surface area contributed by atoms with Gasteiger partial charge in [-0.1, -0.05) is 18.9 Å². The molecule has 2 N–H and O–H groups in total. The van der Waals surface area contributed by atoms with Crippen molar-refractivity contribution in [2.75, 3.05) is 10.6 Å². The quantitative estimate of drug-likeness (QED) is 0.874. The third kappa shape index (κ3) is 3.44. The Morgan fingerprint density at radius 2 is 1.95 bits per heavy atom. The van der Waals surface area contributed by atoms with E-state index in [4.69, 9.17) is 0 Å². The average molecular weight is 269 g/mol. The van der Waals surface area contributed by atoms with Crippen molar-refractivity contribution in [2.24, 2.45) is 0 Å². The highest BCUT2D eigenvalue weighted by Crippen LogP contribution is 2.21. The van der Waals surface area contributed by atoms with Gasteiger partial charge in [-0.2, -0.15) is 4.98 Å². The van der Waals surface area contributed by atoms with Gasteiger partial charge in [-0.05, 0) is 31.0 Å². The summed E-state index contributed by atoms with van der Waals surface area (Å²) >= 11 is 0. The molecule has 0 bridgehead atoms. The van der Waals surface area contributed by atoms with Crippen molar-refractivity contribution in [3.63, 3.8) is 0 Å². The predicted octanol–water partition coefficient (Wildman–Crippen LogP) is 2.84. The van der Waals surface area contributed by atoms with Crippen LogP contribution in [0.1, 0.15) is 31.4 Å². The molecule has 1 aliphatic rings. The highest BCUT2D eigenvalue weighted by Gasteiger charge is 2.15. The van der Waals surface area contributed by atoms with Crippen molar-refractivity contribution < 1.29 is 0 Å². The number of rotatable bonds is 5. The molecule has 104 valence electrons. The fourth-order valence-corrected chi connectivity index (χ4v) is 2.46. The Bertz CT molecular complexity index is 537. The number of nitrogens with zero attached hydrogens (tertiary/aromatic N) is 3. The predicted molar refractivity (Wildman–Crippen MR) is 79.5 cm³/mol. The van der Waals surface area contributed by atoms with Crippen LogP contribution in [-0.4, -0.2) is 21.0 Å². The summed E-state index contributed by atoms with van der Waals surface area (Å²) in [6.45, 7) is 0.667. The van der Waals surface area contributed by atoms with Gasteiger partial charge in [0.1, 0.15) is 5.82 Å². The molecule has 5 nitrogen and oxygen atoms in total. The van der Waals surface area contributed by atoms with E-state index in [0.717, 1.165) is 11.5 Å². The molecule has 2 aromatic rings. The molecule has 1 fully saturated rings. The monoisotopic (exact) mass is 269 g/mol. The molecule has 3 rings (SSSR count). The summed E-state index contributed by atoms with van der Waals surface area (Å²) < 4.78 is 0. The zero-order valence-corrected chi connectivity index (χ0v) is 11.4. The van der Waals surface area contributed by atoms with Gasteiger partial charge in [-0.3, -0.25) is 4.98 Å². The highest BCUT2D eigenvalue weighted by molar-refractivity contribution is 5.40. The lowest BCUT2D eigenvalue weighted by atomic mass is 10.2. The topological polar surface area (TPSA) is 62.7 Å². The van der Waals surface area contributed by atoms with Crippen molar-refractivity contribution in [3.05, 3.63) is 42.4 Å². The lowest BCUT2D eigenvalue weighted by Crippen LogP contribution is -2.17. The lowest BCUT2D eigenvalue weighted by Gasteiger charge is -2.12. The Hall–Kier alpha value is -2.17. The Kier molecular flexibility index (Phi) is 4.06. The van der Waals surface area contributed by atoms with Crippen LogP contribution in [0.25, 0.3) is 0 Å². The first-order chi connectivity index (χ1) is 9.90. The molecule has 0 amide bonds. The van der Waals surface area contributed by atoms with Gasteiger partial charge < -0.3 is 10.6 Å². The molecule has 0 saturated heterocycles. The van der Waals surface area contributed by atoms with Crippen LogP contribution in [0.2, 0.25) is 0 Å². The summed E-state index contributed by atoms with van der Waals surface area (Å²) in [6, 6.07) is 8.30. The van der Waals surface area contributed by atoms with Crippen molar-refractivity contribution in [1.29, 1.82) is 0 Å². The van der Waals surface area contributed by atoms with E-state index in [0.29, 0.717) is 18.5 Å². The first-order valence-electron chi connectivity index (χ1n) is 7.13. The number of hydrogen-bond acceptors (Lipinski definition) is 5. The molecule has 0 aromatic carbocycles. The van der Waals surface area contributed by atoms with E-state index in [1.165, 1.54) is 25.7 Å². The Morgan fingerprint density at radius 3 is 2.75 bits per heavy atom. The zero-order valence-electron chi connectivity index (χ0n) is 11.4. The Morgan fingerprint density at radius 1 is 1.05 bits per heavy atom. The van der Waals surface area contributed by atoms with Gasteiger partial charge in [0.05, 0.1) is 12.2 Å². The first-order valence-corrected chi connectivity index (χ1v) is 7.13. The van der Waals surface area contributed by atoms with Crippen LogP contribution in [0.4, 0.5) is 11.8 Å². The van der Waals surface area contributed by atoms with Crippen LogP contribution >= 0.6 is 0 Å². The fourth-order valence-electron chi connectivity index (χ4n) is 2.46. The highest BCUT2D eigenvalue weighted by atomic mass is 15.1. The van der Waals surface area contributed by atoms with Gasteiger partial charge in [0, 0.05) is 18.4 Å². The normalized spacial score (nSPS) is 15.2. The second-order valence-electron chi connectivity index (χ2n) is 5.07. The standard InChI is InChI=1S/C15H19N5/c1-2-6-12(5-1)19-15-17-10-8-14(20-15)18-11-13-7-3-4-9-16-13/h3-4,7-10,12H,1-2,5-6,11H2,(H2,17,18,19,20). The molecule has 0 atom stereocenters. The van der Waals surface area contributed by atoms with Gasteiger partial charge in [0.15, 0.2) is 0 Å². The molecular formula is C15H19N5. The molecule has 1 saturated carbocycles. The summed E-state index contributed by atoms with van der Waals surface area (Å²) in [7, 11) is 0. The summed E-state index contributed by atoms with van der Waals surface area (Å²) in [5.74, 6) is 1.54. The minimum Gasteiger partial charge on any atom is -0.364 e. The number of hydrogen-bond donors (Lipinski definition) is 2. The second-order valence-corrected chi connectivity index (χ2v) is 5.07. The molecule has 2 heterocycles. The summed E-state index contributed by atoms with van der Waals surface area (Å²) in [5.41, 5.74) is 0.997. The van der Waals surface area contributed by atoms with Crippen LogP contribution in [0, 0.1) is 0 Å². The van der Waals surface area contributed by atoms with E-state index in [2.05, 4.69) is 25.6 Å². The average Bonchev–Trinajstić information content (AvgIpc) is 3.00. The molecule has 0 unspecified atom stereocenters. The molecule has 0 radical (unpaired) electrons. The zero-order chi connectivity index (χ0) is 13.6. The summed E-state index contributed by atoms with van der Waals surface area (Å²) in [6.07, 6.45) is 8.61. The van der Waals surface area contributed by atoms with Crippen molar-refractivity contribution in [3.8, 4) is 0 Å². The molecule has 1 aliphatic carbocycles. The SMILES string of the molecule is c1ccc(CNc2ccnc(NC3CCCC3)n2)nc1. The number of aromatic nitrogens is 3. The number of nitrogens with one attached hydrogen (secondary N) is 2. The van der Waals surface area contributed by atoms with Crippen LogP contribution < -0.4 is 10.6 Å². The number of pyridine rings is 1. The first kappa shape index (κ1) is 12.8. The lowest BCUT2D eigenvalue weighted by molar-refractivity contribution is 0.744. The van der Waals surface area contributed by atoms with E-state index in [1.807, 2.05) is 24.3 Å². The fraction of sp³-hybridized carbons (Fsp3) is 0.400. The van der Waals surface area contributed by atoms with E-state index in [9.17, 15) is 0 Å². The minimum atomic E-state index is 0.529. The largest absolute Gasteiger partial charge is 0.364 e. The number of anilines is 2. The van der Waals surface area contributed by atoms with Crippen LogP contribution in [0.3, 0.4) is 0 Å². The van der Waals surface area contributed by atoms with Gasteiger partial charge in [0.25, 0.3) is 0 Å². The van der Waals surface area contributed by atoms with Crippen molar-refractivity contribution in [1.82, 2.24) is 15.0 Å². The maximum Gasteiger partial charge on any atom is 0.224 e. The van der Waals surface area contributed by atoms with Crippen molar-refractivity contribution >= 4 is 11.8 Å². The molecular weight excluding hydrogens is 250 g/mol. The van der Waals surface area contributed by atoms with Gasteiger partial charge >= 0.3 is 0 Å². The van der Waals surface area contributed by atoms with Gasteiger partial charge in [0.2, 0.25) is 5.95 Å². The van der Waals surface area contributed by atoms with E-state index in [1.54, 1.807) is 12.4 Å². The summed E-state index contributed by atoms with van der Waals surface area (Å²) in [4.78, 5) is 13.0. The molecule has 5 heteroatoms. The third-order valence-corrected chi connectivity index (χ3v) is 3.52. The van der Waals surface area contributed by atoms with Gasteiger partial charge in [-0.25, -0.2) is 4.98 Å². The van der Waals surface area contributed by atoms with E-state index >= 15 is 0 Å². The van der Waals surface area contributed by atoms with E-state index < -0.39 is 0 Å². The van der Waals surface area contributed by atoms with Crippen LogP contribution in [0.5, 0.6) is 0 Å². The van der Waals surface area contributed by atoms with Crippen molar-refractivity contribution in [2.45, 2.75) is 38.3 Å². The maximum absolute atomic E-state index is 4.49. The Balaban J connectivity index is 1.59. The van der Waals surface area contributed by atoms with Crippen LogP contribution in [0.15, 0.2) is 36.7 Å². The van der Waals surface area contributed by atoms with Gasteiger partial charge in [-0.15, -0.1) is 0 Å². The molecule has 20 heavy (non-hydrogen) atoms. The third-order valence-electron chi connectivity index (χ3n) is 3.52. The smallest absolute Gasteiger partial charge is 0.224 e. The maximum atomic E-state index is 4.49. The van der Waals surface area contributed by atoms with E-state index in [-0.39, 0.29) is 0 Å². The summed E-state index contributed by atoms with van der Waals surface area (Å²) in [5, 5.41) is 6.67. The van der Waals surface area contributed by atoms with Crippen LogP contribution in [-0.2, 0) is 6.54 Å². The molecule has 2 aromatic heterocycles. The molecule has 0 aliphatic heterocycles. The minimum absolute atomic E-state index is 0.529. The Labute approximate surface area is 118 Å².